The van der Waals surface area contributed by atoms with Crippen LogP contribution in [0.5, 0.6) is 17.2 Å². The average molecular weight is 421 g/mol. The highest BCUT2D eigenvalue weighted by molar-refractivity contribution is 9.10. The van der Waals surface area contributed by atoms with Crippen LogP contribution in [-0.4, -0.2) is 28.9 Å². The number of halogens is 1. The Kier molecular flexibility index (Phi) is 6.63. The van der Waals surface area contributed by atoms with Crippen LogP contribution >= 0.6 is 15.9 Å². The van der Waals surface area contributed by atoms with E-state index in [-0.39, 0.29) is 18.1 Å². The van der Waals surface area contributed by atoms with Gasteiger partial charge in [0.2, 0.25) is 0 Å². The molecule has 0 unspecified atom stereocenters. The molecular formula is C19H21BrN2O4. The van der Waals surface area contributed by atoms with Crippen LogP contribution in [0.3, 0.4) is 0 Å². The molecule has 0 bridgehead atoms. The summed E-state index contributed by atoms with van der Waals surface area (Å²) in [4.78, 5) is 11.9. The highest BCUT2D eigenvalue weighted by Crippen LogP contribution is 2.33. The molecule has 0 spiro atoms. The third-order valence-corrected chi connectivity index (χ3v) is 4.31. The van der Waals surface area contributed by atoms with Crippen LogP contribution in [0.2, 0.25) is 0 Å². The lowest BCUT2D eigenvalue weighted by molar-refractivity contribution is -0.123. The number of amides is 1. The Morgan fingerprint density at radius 2 is 2.04 bits per heavy atom. The lowest BCUT2D eigenvalue weighted by Gasteiger charge is -2.12. The van der Waals surface area contributed by atoms with Crippen molar-refractivity contribution < 1.29 is 19.7 Å². The maximum absolute atomic E-state index is 11.9. The van der Waals surface area contributed by atoms with Crippen molar-refractivity contribution in [3.05, 3.63) is 51.5 Å². The lowest BCUT2D eigenvalue weighted by atomic mass is 10.0. The summed E-state index contributed by atoms with van der Waals surface area (Å²) in [7, 11) is 0. The van der Waals surface area contributed by atoms with E-state index in [0.29, 0.717) is 21.7 Å². The largest absolute Gasteiger partial charge is 0.504 e. The second-order valence-electron chi connectivity index (χ2n) is 6.13. The van der Waals surface area contributed by atoms with Gasteiger partial charge in [0.05, 0.1) is 10.7 Å². The first-order valence-electron chi connectivity index (χ1n) is 8.04. The molecule has 0 aliphatic heterocycles. The molecule has 0 aliphatic rings. The number of nitrogens with zero attached hydrogens (tertiary/aromatic N) is 1. The van der Waals surface area contributed by atoms with E-state index < -0.39 is 5.91 Å². The molecule has 0 radical (unpaired) electrons. The maximum Gasteiger partial charge on any atom is 0.277 e. The second-order valence-corrected chi connectivity index (χ2v) is 6.99. The molecule has 0 saturated carbocycles. The van der Waals surface area contributed by atoms with Gasteiger partial charge in [-0.15, -0.1) is 0 Å². The van der Waals surface area contributed by atoms with Crippen molar-refractivity contribution in [3.63, 3.8) is 0 Å². The minimum Gasteiger partial charge on any atom is -0.504 e. The zero-order chi connectivity index (χ0) is 19.3. The van der Waals surface area contributed by atoms with Crippen molar-refractivity contribution in [2.45, 2.75) is 26.7 Å². The monoisotopic (exact) mass is 420 g/mol. The van der Waals surface area contributed by atoms with E-state index in [1.807, 2.05) is 25.1 Å². The quantitative estimate of drug-likeness (QED) is 0.376. The number of hydrogen-bond acceptors (Lipinski definition) is 5. The van der Waals surface area contributed by atoms with Gasteiger partial charge in [-0.2, -0.15) is 5.10 Å². The SMILES string of the molecule is Cc1ccc(C(C)C)cc1OCC(=O)N/N=C/c1cc(O)c(O)c(Br)c1. The number of hydrazone groups is 1. The summed E-state index contributed by atoms with van der Waals surface area (Å²) in [5.74, 6) is 0.104. The molecule has 7 heteroatoms. The summed E-state index contributed by atoms with van der Waals surface area (Å²) in [6, 6.07) is 8.83. The van der Waals surface area contributed by atoms with Gasteiger partial charge in [0.1, 0.15) is 5.75 Å². The predicted octanol–water partition coefficient (Wildman–Crippen LogP) is 3.82. The van der Waals surface area contributed by atoms with Gasteiger partial charge in [0.15, 0.2) is 18.1 Å². The average Bonchev–Trinajstić information content (AvgIpc) is 2.58. The topological polar surface area (TPSA) is 91.2 Å². The van der Waals surface area contributed by atoms with Crippen LogP contribution in [-0.2, 0) is 4.79 Å². The summed E-state index contributed by atoms with van der Waals surface area (Å²) in [5.41, 5.74) is 4.96. The summed E-state index contributed by atoms with van der Waals surface area (Å²) in [6.45, 7) is 5.94. The van der Waals surface area contributed by atoms with Crippen molar-refractivity contribution in [2.75, 3.05) is 6.61 Å². The smallest absolute Gasteiger partial charge is 0.277 e. The molecule has 0 heterocycles. The number of nitrogens with one attached hydrogen (secondary N) is 1. The van der Waals surface area contributed by atoms with Gasteiger partial charge < -0.3 is 14.9 Å². The van der Waals surface area contributed by atoms with Gasteiger partial charge >= 0.3 is 0 Å². The zero-order valence-corrected chi connectivity index (χ0v) is 16.4. The number of ether oxygens (including phenoxy) is 1. The molecule has 0 atom stereocenters. The van der Waals surface area contributed by atoms with Gasteiger partial charge in [0.25, 0.3) is 5.91 Å². The molecule has 6 nitrogen and oxygen atoms in total. The number of phenolic OH excluding ortho intramolecular Hbond substituents is 2. The van der Waals surface area contributed by atoms with Crippen molar-refractivity contribution in [1.82, 2.24) is 5.43 Å². The molecule has 3 N–H and O–H groups in total. The van der Waals surface area contributed by atoms with Crippen molar-refractivity contribution in [1.29, 1.82) is 0 Å². The molecule has 0 aromatic heterocycles. The fourth-order valence-electron chi connectivity index (χ4n) is 2.17. The first kappa shape index (κ1) is 19.8. The number of carbonyl (C=O) groups is 1. The highest BCUT2D eigenvalue weighted by Gasteiger charge is 2.08. The van der Waals surface area contributed by atoms with Gasteiger partial charge in [-0.3, -0.25) is 4.79 Å². The molecule has 1 amide bonds. The van der Waals surface area contributed by atoms with E-state index in [2.05, 4.69) is 40.3 Å². The van der Waals surface area contributed by atoms with E-state index in [0.717, 1.165) is 11.1 Å². The molecule has 0 aliphatic carbocycles. The predicted molar refractivity (Wildman–Crippen MR) is 104 cm³/mol. The Bertz CT molecular complexity index is 811. The van der Waals surface area contributed by atoms with Crippen LogP contribution < -0.4 is 10.2 Å². The van der Waals surface area contributed by atoms with Crippen LogP contribution in [0.4, 0.5) is 0 Å². The summed E-state index contributed by atoms with van der Waals surface area (Å²) >= 11 is 3.11. The van der Waals surface area contributed by atoms with E-state index in [9.17, 15) is 15.0 Å². The summed E-state index contributed by atoms with van der Waals surface area (Å²) in [5, 5.41) is 22.8. The van der Waals surface area contributed by atoms with E-state index in [1.165, 1.54) is 12.3 Å². The third kappa shape index (κ3) is 5.23. The number of aryl methyl sites for hydroxylation is 1. The van der Waals surface area contributed by atoms with Crippen LogP contribution in [0.15, 0.2) is 39.9 Å². The molecule has 26 heavy (non-hydrogen) atoms. The molecule has 2 aromatic rings. The fraction of sp³-hybridized carbons (Fsp3) is 0.263. The number of phenols is 2. The second kappa shape index (κ2) is 8.71. The Labute approximate surface area is 160 Å². The third-order valence-electron chi connectivity index (χ3n) is 3.71. The number of aromatic hydroxyl groups is 2. The van der Waals surface area contributed by atoms with Crippen LogP contribution in [0, 0.1) is 6.92 Å². The number of carbonyl (C=O) groups excluding carboxylic acids is 1. The van der Waals surface area contributed by atoms with Crippen molar-refractivity contribution in [2.24, 2.45) is 5.10 Å². The van der Waals surface area contributed by atoms with Gasteiger partial charge in [0, 0.05) is 0 Å². The number of benzene rings is 2. The van der Waals surface area contributed by atoms with Crippen molar-refractivity contribution in [3.8, 4) is 17.2 Å². The maximum atomic E-state index is 11.9. The standard InChI is InChI=1S/C19H21BrN2O4/c1-11(2)14-5-4-12(3)17(8-14)26-10-18(24)22-21-9-13-6-15(20)19(25)16(23)7-13/h4-9,11,23,25H,10H2,1-3H3,(H,22,24)/b21-9+. The first-order chi connectivity index (χ1) is 12.3. The Hall–Kier alpha value is -2.54. The number of rotatable bonds is 6. The molecule has 2 aromatic carbocycles. The van der Waals surface area contributed by atoms with E-state index in [4.69, 9.17) is 4.74 Å². The Morgan fingerprint density at radius 1 is 1.31 bits per heavy atom. The minimum absolute atomic E-state index is 0.162. The molecule has 0 fully saturated rings. The molecular weight excluding hydrogens is 400 g/mol. The number of hydrogen-bond donors (Lipinski definition) is 3. The highest BCUT2D eigenvalue weighted by atomic mass is 79.9. The van der Waals surface area contributed by atoms with Crippen LogP contribution in [0.1, 0.15) is 36.5 Å². The summed E-state index contributed by atoms with van der Waals surface area (Å²) in [6.07, 6.45) is 1.35. The Morgan fingerprint density at radius 3 is 2.69 bits per heavy atom. The lowest BCUT2D eigenvalue weighted by Crippen LogP contribution is -2.24. The zero-order valence-electron chi connectivity index (χ0n) is 14.8. The molecule has 2 rings (SSSR count). The van der Waals surface area contributed by atoms with Crippen LogP contribution in [0.25, 0.3) is 0 Å². The fourth-order valence-corrected chi connectivity index (χ4v) is 2.63. The molecule has 138 valence electrons. The Balaban J connectivity index is 1.92. The first-order valence-corrected chi connectivity index (χ1v) is 8.84. The normalized spacial score (nSPS) is 11.1. The van der Waals surface area contributed by atoms with Gasteiger partial charge in [-0.1, -0.05) is 26.0 Å². The van der Waals surface area contributed by atoms with Crippen molar-refractivity contribution >= 4 is 28.1 Å². The van der Waals surface area contributed by atoms with E-state index in [1.54, 1.807) is 6.07 Å². The van der Waals surface area contributed by atoms with Gasteiger partial charge in [-0.25, -0.2) is 5.43 Å². The van der Waals surface area contributed by atoms with E-state index >= 15 is 0 Å². The minimum atomic E-state index is -0.405. The molecule has 0 saturated heterocycles. The summed E-state index contributed by atoms with van der Waals surface area (Å²) < 4.78 is 5.91. The van der Waals surface area contributed by atoms with Gasteiger partial charge in [-0.05, 0) is 63.7 Å².